The van der Waals surface area contributed by atoms with Gasteiger partial charge in [-0.3, -0.25) is 14.4 Å². The highest BCUT2D eigenvalue weighted by molar-refractivity contribution is 5.94. The standard InChI is InChI=1S/C19H18O3/c1-13(20)17-7-3-15(4-8-17)11-19(22)12-16-5-9-18(10-6-16)14(2)21/h3-10H,11-12H2,1-2H3. The Morgan fingerprint density at radius 2 is 0.955 bits per heavy atom. The lowest BCUT2D eigenvalue weighted by Gasteiger charge is -2.04. The molecule has 0 heterocycles. The van der Waals surface area contributed by atoms with Gasteiger partial charge in [0.2, 0.25) is 0 Å². The SMILES string of the molecule is CC(=O)c1ccc(CC(=O)Cc2ccc(C(C)=O)cc2)cc1. The highest BCUT2D eigenvalue weighted by atomic mass is 16.1. The quantitative estimate of drug-likeness (QED) is 0.767. The molecule has 0 radical (unpaired) electrons. The molecular weight excluding hydrogens is 276 g/mol. The lowest BCUT2D eigenvalue weighted by Crippen LogP contribution is -2.07. The van der Waals surface area contributed by atoms with E-state index in [1.807, 2.05) is 24.3 Å². The van der Waals surface area contributed by atoms with Crippen molar-refractivity contribution < 1.29 is 14.4 Å². The van der Waals surface area contributed by atoms with E-state index in [9.17, 15) is 14.4 Å². The van der Waals surface area contributed by atoms with Gasteiger partial charge in [-0.15, -0.1) is 0 Å². The zero-order valence-electron chi connectivity index (χ0n) is 12.8. The van der Waals surface area contributed by atoms with Crippen LogP contribution in [0.1, 0.15) is 45.7 Å². The summed E-state index contributed by atoms with van der Waals surface area (Å²) >= 11 is 0. The predicted octanol–water partition coefficient (Wildman–Crippen LogP) is 3.45. The average Bonchev–Trinajstić information content (AvgIpc) is 2.48. The van der Waals surface area contributed by atoms with Crippen LogP contribution in [-0.2, 0) is 17.6 Å². The summed E-state index contributed by atoms with van der Waals surface area (Å²) in [6.45, 7) is 3.04. The lowest BCUT2D eigenvalue weighted by molar-refractivity contribution is -0.117. The van der Waals surface area contributed by atoms with Crippen LogP contribution in [0, 0.1) is 0 Å². The number of Topliss-reactive ketones (excluding diaryl/α,β-unsaturated/α-hetero) is 3. The second-order valence-electron chi connectivity index (χ2n) is 5.40. The van der Waals surface area contributed by atoms with Gasteiger partial charge >= 0.3 is 0 Å². The fraction of sp³-hybridized carbons (Fsp3) is 0.211. The van der Waals surface area contributed by atoms with Crippen LogP contribution < -0.4 is 0 Å². The van der Waals surface area contributed by atoms with E-state index in [1.165, 1.54) is 13.8 Å². The monoisotopic (exact) mass is 294 g/mol. The minimum atomic E-state index is 0.0171. The van der Waals surface area contributed by atoms with Crippen LogP contribution in [0.3, 0.4) is 0 Å². The number of ketones is 3. The third kappa shape index (κ3) is 4.22. The summed E-state index contributed by atoms with van der Waals surface area (Å²) in [5.74, 6) is 0.137. The minimum Gasteiger partial charge on any atom is -0.299 e. The number of carbonyl (C=O) groups excluding carboxylic acids is 3. The zero-order chi connectivity index (χ0) is 16.1. The number of rotatable bonds is 6. The van der Waals surface area contributed by atoms with Crippen molar-refractivity contribution in [3.63, 3.8) is 0 Å². The molecule has 0 aliphatic rings. The van der Waals surface area contributed by atoms with E-state index in [0.717, 1.165) is 11.1 Å². The number of carbonyl (C=O) groups is 3. The van der Waals surface area contributed by atoms with E-state index >= 15 is 0 Å². The summed E-state index contributed by atoms with van der Waals surface area (Å²) in [6.07, 6.45) is 0.680. The normalized spacial score (nSPS) is 10.3. The van der Waals surface area contributed by atoms with Gasteiger partial charge in [0, 0.05) is 24.0 Å². The van der Waals surface area contributed by atoms with Crippen molar-refractivity contribution in [2.24, 2.45) is 0 Å². The molecule has 3 heteroatoms. The van der Waals surface area contributed by atoms with Crippen molar-refractivity contribution in [2.45, 2.75) is 26.7 Å². The molecule has 112 valence electrons. The number of benzene rings is 2. The Hall–Kier alpha value is -2.55. The van der Waals surface area contributed by atoms with Crippen molar-refractivity contribution in [3.8, 4) is 0 Å². The maximum atomic E-state index is 12.1. The van der Waals surface area contributed by atoms with Crippen LogP contribution in [0.4, 0.5) is 0 Å². The zero-order valence-corrected chi connectivity index (χ0v) is 12.8. The fourth-order valence-electron chi connectivity index (χ4n) is 2.23. The lowest BCUT2D eigenvalue weighted by atomic mass is 10.00. The second kappa shape index (κ2) is 6.94. The van der Waals surface area contributed by atoms with Gasteiger partial charge in [-0.25, -0.2) is 0 Å². The van der Waals surface area contributed by atoms with Gasteiger partial charge in [0.05, 0.1) is 0 Å². The van der Waals surface area contributed by atoms with Crippen molar-refractivity contribution >= 4 is 17.3 Å². The first-order valence-corrected chi connectivity index (χ1v) is 7.17. The molecule has 0 unspecified atom stereocenters. The van der Waals surface area contributed by atoms with Crippen molar-refractivity contribution in [1.82, 2.24) is 0 Å². The molecule has 0 aromatic heterocycles. The Kier molecular flexibility index (Phi) is 4.99. The van der Waals surface area contributed by atoms with Gasteiger partial charge in [0.15, 0.2) is 11.6 Å². The Labute approximate surface area is 130 Å². The Morgan fingerprint density at radius 3 is 1.23 bits per heavy atom. The molecule has 2 aromatic rings. The van der Waals surface area contributed by atoms with Gasteiger partial charge in [0.1, 0.15) is 5.78 Å². The molecule has 0 amide bonds. The molecule has 0 spiro atoms. The number of hydrogen-bond donors (Lipinski definition) is 0. The van der Waals surface area contributed by atoms with Crippen LogP contribution in [0.25, 0.3) is 0 Å². The van der Waals surface area contributed by atoms with E-state index in [-0.39, 0.29) is 17.3 Å². The summed E-state index contributed by atoms with van der Waals surface area (Å²) in [5.41, 5.74) is 3.10. The fourth-order valence-corrected chi connectivity index (χ4v) is 2.23. The molecule has 0 aliphatic heterocycles. The molecule has 3 nitrogen and oxygen atoms in total. The first kappa shape index (κ1) is 15.8. The molecule has 0 fully saturated rings. The third-order valence-electron chi connectivity index (χ3n) is 3.52. The molecule has 0 aliphatic carbocycles. The maximum Gasteiger partial charge on any atom is 0.159 e. The summed E-state index contributed by atoms with van der Waals surface area (Å²) in [6, 6.07) is 14.2. The van der Waals surface area contributed by atoms with Crippen LogP contribution in [0.2, 0.25) is 0 Å². The summed E-state index contributed by atoms with van der Waals surface area (Å²) in [5, 5.41) is 0. The highest BCUT2D eigenvalue weighted by Crippen LogP contribution is 2.10. The molecular formula is C19H18O3. The molecule has 0 bridgehead atoms. The maximum absolute atomic E-state index is 12.1. The van der Waals surface area contributed by atoms with E-state index in [4.69, 9.17) is 0 Å². The van der Waals surface area contributed by atoms with Crippen LogP contribution in [0.15, 0.2) is 48.5 Å². The summed E-state index contributed by atoms with van der Waals surface area (Å²) in [7, 11) is 0. The van der Waals surface area contributed by atoms with Crippen molar-refractivity contribution in [2.75, 3.05) is 0 Å². The smallest absolute Gasteiger partial charge is 0.159 e. The van der Waals surface area contributed by atoms with Crippen LogP contribution >= 0.6 is 0 Å². The summed E-state index contributed by atoms with van der Waals surface area (Å²) < 4.78 is 0. The first-order valence-electron chi connectivity index (χ1n) is 7.17. The topological polar surface area (TPSA) is 51.2 Å². The van der Waals surface area contributed by atoms with Crippen molar-refractivity contribution in [3.05, 3.63) is 70.8 Å². The molecule has 2 rings (SSSR count). The van der Waals surface area contributed by atoms with Gasteiger partial charge in [-0.1, -0.05) is 48.5 Å². The first-order chi connectivity index (χ1) is 10.5. The third-order valence-corrected chi connectivity index (χ3v) is 3.52. The van der Waals surface area contributed by atoms with E-state index in [2.05, 4.69) is 0 Å². The van der Waals surface area contributed by atoms with E-state index < -0.39 is 0 Å². The number of hydrogen-bond acceptors (Lipinski definition) is 3. The molecule has 0 saturated carbocycles. The molecule has 0 saturated heterocycles. The predicted molar refractivity (Wildman–Crippen MR) is 85.3 cm³/mol. The highest BCUT2D eigenvalue weighted by Gasteiger charge is 2.07. The molecule has 0 N–H and O–H groups in total. The van der Waals surface area contributed by atoms with Crippen molar-refractivity contribution in [1.29, 1.82) is 0 Å². The minimum absolute atomic E-state index is 0.0171. The summed E-state index contributed by atoms with van der Waals surface area (Å²) in [4.78, 5) is 34.5. The second-order valence-corrected chi connectivity index (χ2v) is 5.40. The van der Waals surface area contributed by atoms with Gasteiger partial charge in [-0.2, -0.15) is 0 Å². The Balaban J connectivity index is 1.97. The largest absolute Gasteiger partial charge is 0.299 e. The molecule has 0 atom stereocenters. The average molecular weight is 294 g/mol. The van der Waals surface area contributed by atoms with Crippen LogP contribution in [0.5, 0.6) is 0 Å². The van der Waals surface area contributed by atoms with Crippen LogP contribution in [-0.4, -0.2) is 17.3 Å². The van der Waals surface area contributed by atoms with Gasteiger partial charge < -0.3 is 0 Å². The molecule has 22 heavy (non-hydrogen) atoms. The van der Waals surface area contributed by atoms with Gasteiger partial charge in [0.25, 0.3) is 0 Å². The Bertz CT molecular complexity index is 633. The Morgan fingerprint density at radius 1 is 0.636 bits per heavy atom. The van der Waals surface area contributed by atoms with E-state index in [1.54, 1.807) is 24.3 Å². The van der Waals surface area contributed by atoms with E-state index in [0.29, 0.717) is 24.0 Å². The molecule has 2 aromatic carbocycles. The van der Waals surface area contributed by atoms with Gasteiger partial charge in [-0.05, 0) is 25.0 Å².